The van der Waals surface area contributed by atoms with Gasteiger partial charge < -0.3 is 14.5 Å². The van der Waals surface area contributed by atoms with E-state index in [-0.39, 0.29) is 30.5 Å². The summed E-state index contributed by atoms with van der Waals surface area (Å²) >= 11 is 5.76. The summed E-state index contributed by atoms with van der Waals surface area (Å²) in [4.78, 5) is 28.1. The highest BCUT2D eigenvalue weighted by Crippen LogP contribution is 2.31. The number of ether oxygens (including phenoxy) is 1. The monoisotopic (exact) mass is 350 g/mol. The molecule has 2 amide bonds. The Bertz CT molecular complexity index is 577. The number of alkyl halides is 1. The number of hydrogen-bond donors (Lipinski definition) is 0. The Kier molecular flexibility index (Phi) is 5.61. The van der Waals surface area contributed by atoms with Crippen molar-refractivity contribution in [1.82, 2.24) is 9.80 Å². The van der Waals surface area contributed by atoms with E-state index >= 15 is 0 Å². The fraction of sp³-hybridized carbons (Fsp3) is 0.556. The maximum atomic E-state index is 12.3. The number of halogens is 1. The van der Waals surface area contributed by atoms with Gasteiger partial charge in [-0.05, 0) is 31.2 Å². The van der Waals surface area contributed by atoms with Crippen molar-refractivity contribution in [1.29, 1.82) is 0 Å². The molecule has 3 rings (SSSR count). The molecule has 1 saturated heterocycles. The Balaban J connectivity index is 1.56. The van der Waals surface area contributed by atoms with Crippen molar-refractivity contribution in [3.8, 4) is 0 Å². The Labute approximate surface area is 147 Å². The van der Waals surface area contributed by atoms with Crippen LogP contribution in [0.25, 0.3) is 0 Å². The van der Waals surface area contributed by atoms with Crippen molar-refractivity contribution in [2.24, 2.45) is 0 Å². The van der Waals surface area contributed by atoms with E-state index in [1.807, 2.05) is 35.2 Å². The maximum Gasteiger partial charge on any atom is 0.410 e. The molecule has 0 bridgehead atoms. The van der Waals surface area contributed by atoms with Crippen molar-refractivity contribution in [2.45, 2.75) is 44.4 Å². The quantitative estimate of drug-likeness (QED) is 0.767. The van der Waals surface area contributed by atoms with Gasteiger partial charge in [-0.3, -0.25) is 4.79 Å². The molecule has 0 radical (unpaired) electrons. The number of likely N-dealkylation sites (tertiary alicyclic amines) is 1. The van der Waals surface area contributed by atoms with Crippen molar-refractivity contribution in [3.63, 3.8) is 0 Å². The molecule has 1 aromatic carbocycles. The molecule has 2 aliphatic rings. The summed E-state index contributed by atoms with van der Waals surface area (Å²) in [6, 6.07) is 10.0. The highest BCUT2D eigenvalue weighted by Gasteiger charge is 2.39. The molecule has 6 heteroatoms. The smallest absolute Gasteiger partial charge is 0.410 e. The van der Waals surface area contributed by atoms with Crippen LogP contribution >= 0.6 is 11.6 Å². The second kappa shape index (κ2) is 7.88. The zero-order valence-corrected chi connectivity index (χ0v) is 14.5. The van der Waals surface area contributed by atoms with Crippen LogP contribution in [0.5, 0.6) is 0 Å². The molecule has 24 heavy (non-hydrogen) atoms. The van der Waals surface area contributed by atoms with Crippen LogP contribution in [0.15, 0.2) is 30.3 Å². The van der Waals surface area contributed by atoms with Crippen LogP contribution in [0, 0.1) is 0 Å². The van der Waals surface area contributed by atoms with Gasteiger partial charge in [-0.25, -0.2) is 4.79 Å². The fourth-order valence-corrected chi connectivity index (χ4v) is 3.42. The van der Waals surface area contributed by atoms with Crippen LogP contribution in [0.1, 0.15) is 31.2 Å². The SMILES string of the molecule is O=C(OCc1ccccc1)N1CCC[C@H](N(C(=O)CCl)C2CC2)C1. The van der Waals surface area contributed by atoms with Crippen LogP contribution in [0.4, 0.5) is 4.79 Å². The molecule has 0 unspecified atom stereocenters. The van der Waals surface area contributed by atoms with E-state index in [9.17, 15) is 9.59 Å². The van der Waals surface area contributed by atoms with Gasteiger partial charge in [-0.15, -0.1) is 11.6 Å². The molecule has 1 aromatic rings. The fourth-order valence-electron chi connectivity index (χ4n) is 3.29. The topological polar surface area (TPSA) is 49.9 Å². The number of amides is 2. The predicted molar refractivity (Wildman–Crippen MR) is 91.8 cm³/mol. The zero-order valence-electron chi connectivity index (χ0n) is 13.7. The van der Waals surface area contributed by atoms with Crippen molar-refractivity contribution < 1.29 is 14.3 Å². The molecule has 130 valence electrons. The minimum atomic E-state index is -0.308. The van der Waals surface area contributed by atoms with Gasteiger partial charge in [-0.2, -0.15) is 0 Å². The first kappa shape index (κ1) is 17.1. The van der Waals surface area contributed by atoms with Gasteiger partial charge in [0.25, 0.3) is 0 Å². The second-order valence-electron chi connectivity index (χ2n) is 6.45. The summed E-state index contributed by atoms with van der Waals surface area (Å²) in [6.45, 7) is 1.48. The molecule has 1 aliphatic carbocycles. The lowest BCUT2D eigenvalue weighted by Gasteiger charge is -2.39. The minimum absolute atomic E-state index is 0.00541. The number of carbonyl (C=O) groups excluding carboxylic acids is 2. The van der Waals surface area contributed by atoms with Gasteiger partial charge in [0, 0.05) is 25.2 Å². The molecule has 1 atom stereocenters. The highest BCUT2D eigenvalue weighted by atomic mass is 35.5. The normalized spacial score (nSPS) is 20.5. The van der Waals surface area contributed by atoms with Gasteiger partial charge in [0.2, 0.25) is 5.91 Å². The third-order valence-corrected chi connectivity index (χ3v) is 4.82. The maximum absolute atomic E-state index is 12.3. The number of piperidine rings is 1. The summed E-state index contributed by atoms with van der Waals surface area (Å²) in [5, 5.41) is 0. The number of benzene rings is 1. The molecule has 0 N–H and O–H groups in total. The van der Waals surface area contributed by atoms with Gasteiger partial charge in [-0.1, -0.05) is 30.3 Å². The van der Waals surface area contributed by atoms with Crippen LogP contribution in [0.2, 0.25) is 0 Å². The Morgan fingerprint density at radius 2 is 1.92 bits per heavy atom. The lowest BCUT2D eigenvalue weighted by atomic mass is 10.0. The van der Waals surface area contributed by atoms with E-state index < -0.39 is 0 Å². The van der Waals surface area contributed by atoms with E-state index in [4.69, 9.17) is 16.3 Å². The summed E-state index contributed by atoms with van der Waals surface area (Å²) < 4.78 is 5.42. The lowest BCUT2D eigenvalue weighted by molar-refractivity contribution is -0.132. The molecule has 1 heterocycles. The van der Waals surface area contributed by atoms with E-state index in [1.54, 1.807) is 4.90 Å². The Morgan fingerprint density at radius 1 is 1.17 bits per heavy atom. The third-order valence-electron chi connectivity index (χ3n) is 4.60. The Morgan fingerprint density at radius 3 is 2.58 bits per heavy atom. The number of rotatable bonds is 5. The molecule has 2 fully saturated rings. The van der Waals surface area contributed by atoms with Crippen LogP contribution in [-0.2, 0) is 16.1 Å². The van der Waals surface area contributed by atoms with E-state index in [0.717, 1.165) is 31.2 Å². The lowest BCUT2D eigenvalue weighted by Crippen LogP contribution is -2.53. The van der Waals surface area contributed by atoms with E-state index in [1.165, 1.54) is 0 Å². The Hall–Kier alpha value is -1.75. The van der Waals surface area contributed by atoms with Crippen molar-refractivity contribution in [2.75, 3.05) is 19.0 Å². The second-order valence-corrected chi connectivity index (χ2v) is 6.72. The van der Waals surface area contributed by atoms with E-state index in [0.29, 0.717) is 19.1 Å². The number of carbonyl (C=O) groups is 2. The van der Waals surface area contributed by atoms with Crippen molar-refractivity contribution >= 4 is 23.6 Å². The molecule has 0 aromatic heterocycles. The first-order chi connectivity index (χ1) is 11.7. The first-order valence-corrected chi connectivity index (χ1v) is 9.05. The van der Waals surface area contributed by atoms with Crippen LogP contribution in [0.3, 0.4) is 0 Å². The van der Waals surface area contributed by atoms with Crippen molar-refractivity contribution in [3.05, 3.63) is 35.9 Å². The summed E-state index contributed by atoms with van der Waals surface area (Å²) in [5.41, 5.74) is 0.969. The van der Waals surface area contributed by atoms with Gasteiger partial charge in [0.1, 0.15) is 12.5 Å². The number of nitrogens with zero attached hydrogens (tertiary/aromatic N) is 2. The summed E-state index contributed by atoms with van der Waals surface area (Å²) in [7, 11) is 0. The van der Waals surface area contributed by atoms with Crippen LogP contribution < -0.4 is 0 Å². The predicted octanol–water partition coefficient (Wildman–Crippen LogP) is 3.02. The first-order valence-electron chi connectivity index (χ1n) is 8.52. The molecular formula is C18H23ClN2O3. The minimum Gasteiger partial charge on any atom is -0.445 e. The molecular weight excluding hydrogens is 328 g/mol. The summed E-state index contributed by atoms with van der Waals surface area (Å²) in [6.07, 6.45) is 3.57. The average Bonchev–Trinajstić information content (AvgIpc) is 3.45. The largest absolute Gasteiger partial charge is 0.445 e. The molecule has 1 aliphatic heterocycles. The van der Waals surface area contributed by atoms with E-state index in [2.05, 4.69) is 0 Å². The molecule has 5 nitrogen and oxygen atoms in total. The molecule has 1 saturated carbocycles. The van der Waals surface area contributed by atoms with Gasteiger partial charge in [0.05, 0.1) is 0 Å². The van der Waals surface area contributed by atoms with Gasteiger partial charge in [0.15, 0.2) is 0 Å². The van der Waals surface area contributed by atoms with Crippen LogP contribution in [-0.4, -0.2) is 52.9 Å². The summed E-state index contributed by atoms with van der Waals surface area (Å²) in [5.74, 6) is -0.0190. The standard InChI is InChI=1S/C18H23ClN2O3/c19-11-17(22)21(15-8-9-15)16-7-4-10-20(12-16)18(23)24-13-14-5-2-1-3-6-14/h1-3,5-6,15-16H,4,7-13H2/t16-/m0/s1. The number of hydrogen-bond acceptors (Lipinski definition) is 3. The third kappa shape index (κ3) is 4.20. The zero-order chi connectivity index (χ0) is 16.9. The average molecular weight is 351 g/mol. The van der Waals surface area contributed by atoms with Gasteiger partial charge >= 0.3 is 6.09 Å². The molecule has 0 spiro atoms. The highest BCUT2D eigenvalue weighted by molar-refractivity contribution is 6.27.